The van der Waals surface area contributed by atoms with Crippen molar-refractivity contribution in [2.45, 2.75) is 26.4 Å². The Bertz CT molecular complexity index is 965. The van der Waals surface area contributed by atoms with E-state index >= 15 is 0 Å². The van der Waals surface area contributed by atoms with Crippen LogP contribution in [0.4, 0.5) is 5.69 Å². The highest BCUT2D eigenvalue weighted by Crippen LogP contribution is 2.21. The predicted octanol–water partition coefficient (Wildman–Crippen LogP) is 3.33. The molecular formula is C21H22N4O2S. The highest BCUT2D eigenvalue weighted by molar-refractivity contribution is 7.09. The lowest BCUT2D eigenvalue weighted by Crippen LogP contribution is -2.37. The van der Waals surface area contributed by atoms with Gasteiger partial charge in [-0.2, -0.15) is 0 Å². The van der Waals surface area contributed by atoms with Crippen LogP contribution >= 0.6 is 11.3 Å². The van der Waals surface area contributed by atoms with Crippen molar-refractivity contribution >= 4 is 28.8 Å². The summed E-state index contributed by atoms with van der Waals surface area (Å²) in [7, 11) is 0. The highest BCUT2D eigenvalue weighted by Gasteiger charge is 2.13. The molecule has 7 heteroatoms. The van der Waals surface area contributed by atoms with Crippen LogP contribution in [-0.4, -0.2) is 22.8 Å². The Morgan fingerprint density at radius 3 is 2.36 bits per heavy atom. The second-order valence-electron chi connectivity index (χ2n) is 6.48. The molecule has 0 aliphatic heterocycles. The van der Waals surface area contributed by atoms with Crippen LogP contribution in [0.25, 0.3) is 11.3 Å². The van der Waals surface area contributed by atoms with Crippen LogP contribution in [0, 0.1) is 6.92 Å². The maximum Gasteiger partial charge on any atom is 0.248 e. The van der Waals surface area contributed by atoms with E-state index in [1.807, 2.05) is 36.6 Å². The molecule has 3 aromatic rings. The Morgan fingerprint density at radius 1 is 1.11 bits per heavy atom. The molecule has 2 aromatic carbocycles. The minimum Gasteiger partial charge on any atom is -0.366 e. The van der Waals surface area contributed by atoms with Gasteiger partial charge in [0.1, 0.15) is 0 Å². The molecule has 0 fully saturated rings. The molecule has 28 heavy (non-hydrogen) atoms. The van der Waals surface area contributed by atoms with Crippen molar-refractivity contribution in [1.29, 1.82) is 0 Å². The maximum absolute atomic E-state index is 12.3. The van der Waals surface area contributed by atoms with Crippen LogP contribution in [0.5, 0.6) is 0 Å². The molecule has 0 aliphatic rings. The number of rotatable bonds is 7. The average Bonchev–Trinajstić information content (AvgIpc) is 3.13. The first-order chi connectivity index (χ1) is 13.4. The molecule has 2 amide bonds. The molecule has 6 nitrogen and oxygen atoms in total. The fourth-order valence-corrected chi connectivity index (χ4v) is 3.24. The summed E-state index contributed by atoms with van der Waals surface area (Å²) in [6.07, 6.45) is 0. The molecule has 0 aliphatic carbocycles. The molecule has 1 heterocycles. The zero-order valence-electron chi connectivity index (χ0n) is 15.7. The summed E-state index contributed by atoms with van der Waals surface area (Å²) in [5, 5.41) is 9.12. The van der Waals surface area contributed by atoms with E-state index in [4.69, 9.17) is 5.73 Å². The third-order valence-electron chi connectivity index (χ3n) is 4.31. The zero-order chi connectivity index (χ0) is 20.1. The summed E-state index contributed by atoms with van der Waals surface area (Å²) in [4.78, 5) is 27.9. The summed E-state index contributed by atoms with van der Waals surface area (Å²) >= 11 is 1.63. The fourth-order valence-electron chi connectivity index (χ4n) is 2.62. The zero-order valence-corrected chi connectivity index (χ0v) is 16.5. The van der Waals surface area contributed by atoms with Crippen LogP contribution < -0.4 is 16.4 Å². The Labute approximate surface area is 167 Å². The summed E-state index contributed by atoms with van der Waals surface area (Å²) in [5.74, 6) is -0.648. The number of nitrogens with one attached hydrogen (secondary N) is 2. The van der Waals surface area contributed by atoms with E-state index in [-0.39, 0.29) is 11.9 Å². The quantitative estimate of drug-likeness (QED) is 0.572. The number of amides is 2. The number of primary amides is 1. The Balaban J connectivity index is 1.52. The summed E-state index contributed by atoms with van der Waals surface area (Å²) in [5.41, 5.74) is 9.38. The largest absolute Gasteiger partial charge is 0.366 e. The first-order valence-corrected chi connectivity index (χ1v) is 9.76. The van der Waals surface area contributed by atoms with Crippen molar-refractivity contribution < 1.29 is 9.59 Å². The molecule has 1 aromatic heterocycles. The van der Waals surface area contributed by atoms with Crippen LogP contribution in [-0.2, 0) is 11.3 Å². The van der Waals surface area contributed by atoms with Crippen LogP contribution in [0.3, 0.4) is 0 Å². The van der Waals surface area contributed by atoms with Crippen LogP contribution in [0.2, 0.25) is 0 Å². The third kappa shape index (κ3) is 5.03. The summed E-state index contributed by atoms with van der Waals surface area (Å²) in [6, 6.07) is 14.2. The van der Waals surface area contributed by atoms with Crippen LogP contribution in [0.1, 0.15) is 27.9 Å². The van der Waals surface area contributed by atoms with Crippen molar-refractivity contribution in [3.05, 3.63) is 70.0 Å². The van der Waals surface area contributed by atoms with Crippen molar-refractivity contribution in [3.8, 4) is 11.3 Å². The lowest BCUT2D eigenvalue weighted by Gasteiger charge is -2.14. The van der Waals surface area contributed by atoms with E-state index in [0.717, 1.165) is 21.8 Å². The number of carbonyl (C=O) groups excluding carboxylic acids is 2. The molecule has 4 N–H and O–H groups in total. The second kappa shape index (κ2) is 8.77. The van der Waals surface area contributed by atoms with Gasteiger partial charge in [-0.25, -0.2) is 4.98 Å². The first-order valence-electron chi connectivity index (χ1n) is 8.88. The molecule has 144 valence electrons. The van der Waals surface area contributed by atoms with Gasteiger partial charge in [-0.15, -0.1) is 11.3 Å². The topological polar surface area (TPSA) is 97.1 Å². The number of nitrogens with two attached hydrogens (primary N) is 1. The number of anilines is 1. The monoisotopic (exact) mass is 394 g/mol. The number of nitrogens with zero attached hydrogens (tertiary/aromatic N) is 1. The number of thiazole rings is 1. The third-order valence-corrected chi connectivity index (χ3v) is 5.08. The fraction of sp³-hybridized carbons (Fsp3) is 0.190. The Hall–Kier alpha value is -3.03. The van der Waals surface area contributed by atoms with Crippen LogP contribution in [0.15, 0.2) is 53.9 Å². The summed E-state index contributed by atoms with van der Waals surface area (Å²) in [6.45, 7) is 4.37. The normalized spacial score (nSPS) is 11.8. The molecule has 1 atom stereocenters. The molecule has 0 saturated heterocycles. The molecule has 0 radical (unpaired) electrons. The van der Waals surface area contributed by atoms with E-state index < -0.39 is 5.91 Å². The minimum atomic E-state index is -0.496. The van der Waals surface area contributed by atoms with Gasteiger partial charge < -0.3 is 16.4 Å². The number of carbonyl (C=O) groups is 2. The predicted molar refractivity (Wildman–Crippen MR) is 112 cm³/mol. The second-order valence-corrected chi connectivity index (χ2v) is 7.54. The smallest absolute Gasteiger partial charge is 0.248 e. The number of hydrogen-bond donors (Lipinski definition) is 3. The Kier molecular flexibility index (Phi) is 6.18. The van der Waals surface area contributed by atoms with Crippen molar-refractivity contribution in [3.63, 3.8) is 0 Å². The number of hydrogen-bond acceptors (Lipinski definition) is 5. The lowest BCUT2D eigenvalue weighted by molar-refractivity contribution is -0.117. The van der Waals surface area contributed by atoms with Crippen molar-refractivity contribution in [2.24, 2.45) is 5.73 Å². The van der Waals surface area contributed by atoms with E-state index in [0.29, 0.717) is 17.8 Å². The van der Waals surface area contributed by atoms with Gasteiger partial charge in [0.05, 0.1) is 16.7 Å². The lowest BCUT2D eigenvalue weighted by atomic mass is 10.1. The van der Waals surface area contributed by atoms with Crippen molar-refractivity contribution in [1.82, 2.24) is 10.3 Å². The van der Waals surface area contributed by atoms with E-state index in [1.54, 1.807) is 42.5 Å². The molecule has 0 bridgehead atoms. The molecule has 1 unspecified atom stereocenters. The van der Waals surface area contributed by atoms with Gasteiger partial charge in [0.15, 0.2) is 0 Å². The van der Waals surface area contributed by atoms with E-state index in [9.17, 15) is 9.59 Å². The molecular weight excluding hydrogens is 372 g/mol. The molecule has 0 saturated carbocycles. The van der Waals surface area contributed by atoms with Gasteiger partial charge in [-0.1, -0.05) is 24.3 Å². The van der Waals surface area contributed by atoms with Gasteiger partial charge >= 0.3 is 0 Å². The first kappa shape index (κ1) is 19.7. The summed E-state index contributed by atoms with van der Waals surface area (Å²) < 4.78 is 0. The number of aromatic nitrogens is 1. The van der Waals surface area contributed by atoms with Gasteiger partial charge in [0.2, 0.25) is 11.8 Å². The highest BCUT2D eigenvalue weighted by atomic mass is 32.1. The van der Waals surface area contributed by atoms with Crippen molar-refractivity contribution in [2.75, 3.05) is 5.32 Å². The van der Waals surface area contributed by atoms with Gasteiger partial charge in [0.25, 0.3) is 0 Å². The minimum absolute atomic E-state index is 0.151. The standard InChI is InChI=1S/C21H22N4O2S/c1-13(21(27)25-18-9-7-17(8-10-18)20(22)26)23-11-15-3-5-16(6-4-15)19-12-28-14(2)24-19/h3-10,12-13,23H,11H2,1-2H3,(H2,22,26)(H,25,27). The SMILES string of the molecule is Cc1nc(-c2ccc(CNC(C)C(=O)Nc3ccc(C(N)=O)cc3)cc2)cs1. The van der Waals surface area contributed by atoms with E-state index in [1.165, 1.54) is 0 Å². The van der Waals surface area contributed by atoms with E-state index in [2.05, 4.69) is 15.6 Å². The maximum atomic E-state index is 12.3. The Morgan fingerprint density at radius 2 is 1.79 bits per heavy atom. The number of aryl methyl sites for hydroxylation is 1. The molecule has 3 rings (SSSR count). The molecule has 0 spiro atoms. The van der Waals surface area contributed by atoms with Gasteiger partial charge in [0, 0.05) is 28.7 Å². The average molecular weight is 395 g/mol. The van der Waals surface area contributed by atoms with Gasteiger partial charge in [-0.05, 0) is 43.7 Å². The van der Waals surface area contributed by atoms with Gasteiger partial charge in [-0.3, -0.25) is 9.59 Å². The number of benzene rings is 2.